The first-order valence-electron chi connectivity index (χ1n) is 9.85. The van der Waals surface area contributed by atoms with Crippen LogP contribution in [0.15, 0.2) is 24.3 Å². The van der Waals surface area contributed by atoms with Crippen LogP contribution in [0.5, 0.6) is 0 Å². The van der Waals surface area contributed by atoms with Gasteiger partial charge in [-0.15, -0.1) is 24.8 Å². The van der Waals surface area contributed by atoms with Crippen LogP contribution in [0.4, 0.5) is 11.4 Å². The number of nitrogens with one attached hydrogen (secondary N) is 3. The van der Waals surface area contributed by atoms with Gasteiger partial charge in [0.1, 0.15) is 0 Å². The van der Waals surface area contributed by atoms with Crippen molar-refractivity contribution in [1.29, 1.82) is 0 Å². The lowest BCUT2D eigenvalue weighted by Crippen LogP contribution is -2.45. The number of anilines is 2. The van der Waals surface area contributed by atoms with E-state index in [0.29, 0.717) is 19.6 Å². The number of hydrogen-bond donors (Lipinski definition) is 3. The highest BCUT2D eigenvalue weighted by atomic mass is 35.5. The first-order chi connectivity index (χ1) is 13.1. The minimum atomic E-state index is -0.219. The lowest BCUT2D eigenvalue weighted by atomic mass is 10.1. The van der Waals surface area contributed by atoms with Crippen molar-refractivity contribution in [3.05, 3.63) is 24.3 Å². The Morgan fingerprint density at radius 2 is 2.00 bits per heavy atom. The summed E-state index contributed by atoms with van der Waals surface area (Å²) < 4.78 is 5.36. The minimum absolute atomic E-state index is 0. The number of hydrogen-bond acceptors (Lipinski definition) is 5. The number of halogens is 2. The van der Waals surface area contributed by atoms with Crippen LogP contribution < -0.4 is 20.9 Å². The van der Waals surface area contributed by atoms with E-state index in [-0.39, 0.29) is 55.1 Å². The molecule has 2 saturated heterocycles. The van der Waals surface area contributed by atoms with E-state index in [0.717, 1.165) is 31.0 Å². The SMILES string of the molecule is CC(CC(=O)Nc1cccc(N2CCCC2)c1)NC(=O)CC1COCCN1.Cl.Cl. The van der Waals surface area contributed by atoms with Crippen LogP contribution >= 0.6 is 24.8 Å². The van der Waals surface area contributed by atoms with E-state index in [1.165, 1.54) is 12.8 Å². The van der Waals surface area contributed by atoms with Crippen LogP contribution in [0.3, 0.4) is 0 Å². The smallest absolute Gasteiger partial charge is 0.226 e. The Morgan fingerprint density at radius 1 is 1.24 bits per heavy atom. The van der Waals surface area contributed by atoms with E-state index in [1.807, 2.05) is 25.1 Å². The fraction of sp³-hybridized carbons (Fsp3) is 0.600. The van der Waals surface area contributed by atoms with E-state index >= 15 is 0 Å². The molecule has 3 rings (SSSR count). The zero-order chi connectivity index (χ0) is 19.1. The summed E-state index contributed by atoms with van der Waals surface area (Å²) in [4.78, 5) is 26.8. The standard InChI is InChI=1S/C20H30N4O3.2ClH/c1-15(22-20(26)13-17-14-27-10-7-21-17)11-19(25)23-16-5-4-6-18(12-16)24-8-2-3-9-24;;/h4-6,12,15,17,21H,2-3,7-11,13-14H2,1H3,(H,22,26)(H,23,25);2*1H. The molecule has 1 aromatic rings. The highest BCUT2D eigenvalue weighted by Crippen LogP contribution is 2.23. The van der Waals surface area contributed by atoms with Crippen LogP contribution in [0.2, 0.25) is 0 Å². The van der Waals surface area contributed by atoms with Crippen molar-refractivity contribution < 1.29 is 14.3 Å². The van der Waals surface area contributed by atoms with Crippen molar-refractivity contribution in [2.75, 3.05) is 43.1 Å². The summed E-state index contributed by atoms with van der Waals surface area (Å²) in [5.41, 5.74) is 1.94. The number of carbonyl (C=O) groups is 2. The summed E-state index contributed by atoms with van der Waals surface area (Å²) in [6.45, 7) is 6.00. The number of ether oxygens (including phenoxy) is 1. The molecule has 0 saturated carbocycles. The Labute approximate surface area is 185 Å². The Balaban J connectivity index is 0.00000210. The zero-order valence-electron chi connectivity index (χ0n) is 16.8. The lowest BCUT2D eigenvalue weighted by molar-refractivity contribution is -0.123. The van der Waals surface area contributed by atoms with E-state index in [4.69, 9.17) is 4.74 Å². The second kappa shape index (κ2) is 12.9. The highest BCUT2D eigenvalue weighted by molar-refractivity contribution is 5.92. The lowest BCUT2D eigenvalue weighted by Gasteiger charge is -2.24. The Bertz CT molecular complexity index is 650. The third-order valence-electron chi connectivity index (χ3n) is 4.93. The van der Waals surface area contributed by atoms with E-state index < -0.39 is 0 Å². The molecule has 2 aliphatic heterocycles. The second-order valence-electron chi connectivity index (χ2n) is 7.40. The molecule has 2 unspecified atom stereocenters. The monoisotopic (exact) mass is 446 g/mol. The zero-order valence-corrected chi connectivity index (χ0v) is 18.4. The van der Waals surface area contributed by atoms with Gasteiger partial charge in [0, 0.05) is 55.9 Å². The van der Waals surface area contributed by atoms with Crippen molar-refractivity contribution in [3.63, 3.8) is 0 Å². The van der Waals surface area contributed by atoms with Crippen molar-refractivity contribution in [2.45, 2.75) is 44.7 Å². The van der Waals surface area contributed by atoms with Gasteiger partial charge in [-0.25, -0.2) is 0 Å². The molecule has 0 aliphatic carbocycles. The predicted octanol–water partition coefficient (Wildman–Crippen LogP) is 2.34. The number of nitrogens with zero attached hydrogens (tertiary/aromatic N) is 1. The molecule has 29 heavy (non-hydrogen) atoms. The molecule has 0 spiro atoms. The molecule has 0 aromatic heterocycles. The molecular formula is C20H32Cl2N4O3. The van der Waals surface area contributed by atoms with Gasteiger partial charge < -0.3 is 25.6 Å². The summed E-state index contributed by atoms with van der Waals surface area (Å²) in [5.74, 6) is -0.158. The summed E-state index contributed by atoms with van der Waals surface area (Å²) >= 11 is 0. The molecule has 1 aromatic carbocycles. The van der Waals surface area contributed by atoms with Gasteiger partial charge >= 0.3 is 0 Å². The molecule has 0 bridgehead atoms. The van der Waals surface area contributed by atoms with E-state index in [2.05, 4.69) is 26.9 Å². The van der Waals surface area contributed by atoms with E-state index in [9.17, 15) is 9.59 Å². The number of amides is 2. The summed E-state index contributed by atoms with van der Waals surface area (Å²) in [7, 11) is 0. The maximum atomic E-state index is 12.3. The molecule has 3 N–H and O–H groups in total. The third-order valence-corrected chi connectivity index (χ3v) is 4.93. The molecule has 2 atom stereocenters. The molecule has 9 heteroatoms. The summed E-state index contributed by atoms with van der Waals surface area (Å²) in [5, 5.41) is 9.09. The number of rotatable bonds is 7. The van der Waals surface area contributed by atoms with Crippen molar-refractivity contribution in [3.8, 4) is 0 Å². The van der Waals surface area contributed by atoms with Crippen molar-refractivity contribution in [2.24, 2.45) is 0 Å². The normalized spacial score (nSPS) is 19.5. The summed E-state index contributed by atoms with van der Waals surface area (Å²) in [6.07, 6.45) is 3.05. The fourth-order valence-electron chi connectivity index (χ4n) is 3.61. The van der Waals surface area contributed by atoms with Crippen LogP contribution in [0.25, 0.3) is 0 Å². The van der Waals surface area contributed by atoms with Gasteiger partial charge in [-0.1, -0.05) is 6.07 Å². The van der Waals surface area contributed by atoms with Gasteiger partial charge in [-0.05, 0) is 38.0 Å². The molecule has 164 valence electrons. The van der Waals surface area contributed by atoms with Gasteiger partial charge in [0.25, 0.3) is 0 Å². The quantitative estimate of drug-likeness (QED) is 0.598. The Hall–Kier alpha value is -1.54. The van der Waals surface area contributed by atoms with E-state index in [1.54, 1.807) is 0 Å². The number of benzene rings is 1. The van der Waals surface area contributed by atoms with Gasteiger partial charge in [-0.2, -0.15) is 0 Å². The maximum Gasteiger partial charge on any atom is 0.226 e. The maximum absolute atomic E-state index is 12.3. The predicted molar refractivity (Wildman–Crippen MR) is 120 cm³/mol. The topological polar surface area (TPSA) is 82.7 Å². The third kappa shape index (κ3) is 8.38. The second-order valence-corrected chi connectivity index (χ2v) is 7.40. The molecule has 2 fully saturated rings. The Kier molecular flexibility index (Phi) is 11.3. The van der Waals surface area contributed by atoms with Gasteiger partial charge in [-0.3, -0.25) is 9.59 Å². The first-order valence-corrected chi connectivity index (χ1v) is 9.85. The molecular weight excluding hydrogens is 415 g/mol. The van der Waals surface area contributed by atoms with Gasteiger partial charge in [0.15, 0.2) is 0 Å². The largest absolute Gasteiger partial charge is 0.378 e. The Morgan fingerprint density at radius 3 is 2.69 bits per heavy atom. The highest BCUT2D eigenvalue weighted by Gasteiger charge is 2.19. The van der Waals surface area contributed by atoms with Crippen molar-refractivity contribution in [1.82, 2.24) is 10.6 Å². The van der Waals surface area contributed by atoms with Crippen LogP contribution in [0.1, 0.15) is 32.6 Å². The van der Waals surface area contributed by atoms with Crippen LogP contribution in [-0.2, 0) is 14.3 Å². The first kappa shape index (κ1) is 25.5. The molecule has 7 nitrogen and oxygen atoms in total. The average Bonchev–Trinajstić information content (AvgIpc) is 3.17. The minimum Gasteiger partial charge on any atom is -0.378 e. The van der Waals surface area contributed by atoms with Gasteiger partial charge in [0.05, 0.1) is 13.2 Å². The molecule has 2 heterocycles. The summed E-state index contributed by atoms with van der Waals surface area (Å²) in [6, 6.07) is 7.79. The fourth-order valence-corrected chi connectivity index (χ4v) is 3.61. The molecule has 0 radical (unpaired) electrons. The number of morpholine rings is 1. The number of carbonyl (C=O) groups excluding carboxylic acids is 2. The van der Waals surface area contributed by atoms with Gasteiger partial charge in [0.2, 0.25) is 11.8 Å². The average molecular weight is 447 g/mol. The molecule has 2 aliphatic rings. The van der Waals surface area contributed by atoms with Crippen molar-refractivity contribution >= 4 is 48.0 Å². The van der Waals surface area contributed by atoms with Crippen LogP contribution in [-0.4, -0.2) is 56.7 Å². The molecule has 2 amide bonds. The van der Waals surface area contributed by atoms with Crippen LogP contribution in [0, 0.1) is 0 Å².